The molecule has 1 aliphatic heterocycles. The molecule has 1 saturated carbocycles. The van der Waals surface area contributed by atoms with Crippen molar-refractivity contribution >= 4 is 11.2 Å². The van der Waals surface area contributed by atoms with Crippen molar-refractivity contribution in [3.8, 4) is 0 Å². The Morgan fingerprint density at radius 3 is 3.00 bits per heavy atom. The summed E-state index contributed by atoms with van der Waals surface area (Å²) in [6.45, 7) is 2.10. The highest BCUT2D eigenvalue weighted by Gasteiger charge is 2.36. The molecule has 2 aliphatic rings. The second kappa shape index (κ2) is 4.30. The van der Waals surface area contributed by atoms with Crippen LogP contribution >= 0.6 is 0 Å². The quantitative estimate of drug-likeness (QED) is 0.825. The van der Waals surface area contributed by atoms with Gasteiger partial charge in [0.15, 0.2) is 5.65 Å². The van der Waals surface area contributed by atoms with E-state index in [1.807, 2.05) is 12.3 Å². The molecule has 3 atom stereocenters. The number of hydrogen-bond acceptors (Lipinski definition) is 3. The Labute approximate surface area is 113 Å². The molecule has 2 N–H and O–H groups in total. The van der Waals surface area contributed by atoms with E-state index < -0.39 is 0 Å². The standard InChI is InChI=1S/C15H20N4/c1-9-6-7-16-15-13(9)18-14(19-15)12-8-10-4-2-3-5-11(10)17-12/h6-7,10-12,17H,2-5,8H2,1H3,(H,16,18,19). The fourth-order valence-electron chi connectivity index (χ4n) is 3.75. The number of aromatic nitrogens is 3. The minimum absolute atomic E-state index is 0.390. The second-order valence-corrected chi connectivity index (χ2v) is 6.05. The van der Waals surface area contributed by atoms with Crippen molar-refractivity contribution in [2.75, 3.05) is 0 Å². The van der Waals surface area contributed by atoms with E-state index >= 15 is 0 Å². The first-order chi connectivity index (χ1) is 9.31. The van der Waals surface area contributed by atoms with Gasteiger partial charge < -0.3 is 10.3 Å². The van der Waals surface area contributed by atoms with Crippen LogP contribution in [0.3, 0.4) is 0 Å². The van der Waals surface area contributed by atoms with Crippen molar-refractivity contribution < 1.29 is 0 Å². The normalized spacial score (nSPS) is 30.7. The first kappa shape index (κ1) is 11.4. The summed E-state index contributed by atoms with van der Waals surface area (Å²) in [7, 11) is 0. The maximum atomic E-state index is 4.68. The van der Waals surface area contributed by atoms with Crippen LogP contribution in [0.4, 0.5) is 0 Å². The highest BCUT2D eigenvalue weighted by Crippen LogP contribution is 2.38. The molecule has 2 aromatic heterocycles. The molecule has 19 heavy (non-hydrogen) atoms. The number of pyridine rings is 1. The van der Waals surface area contributed by atoms with Gasteiger partial charge in [-0.3, -0.25) is 0 Å². The van der Waals surface area contributed by atoms with Crippen LogP contribution < -0.4 is 5.32 Å². The summed E-state index contributed by atoms with van der Waals surface area (Å²) in [5.41, 5.74) is 3.17. The van der Waals surface area contributed by atoms with Crippen molar-refractivity contribution in [3.63, 3.8) is 0 Å². The van der Waals surface area contributed by atoms with Crippen molar-refractivity contribution in [2.24, 2.45) is 5.92 Å². The molecule has 0 radical (unpaired) electrons. The van der Waals surface area contributed by atoms with Gasteiger partial charge in [0, 0.05) is 12.2 Å². The number of imidazole rings is 1. The average Bonchev–Trinajstić information content (AvgIpc) is 3.02. The Kier molecular flexibility index (Phi) is 2.58. The summed E-state index contributed by atoms with van der Waals surface area (Å²) in [5, 5.41) is 3.77. The van der Waals surface area contributed by atoms with Gasteiger partial charge in [-0.15, -0.1) is 0 Å². The lowest BCUT2D eigenvalue weighted by Gasteiger charge is -2.24. The van der Waals surface area contributed by atoms with E-state index in [2.05, 4.69) is 27.2 Å². The van der Waals surface area contributed by atoms with Crippen molar-refractivity contribution in [1.82, 2.24) is 20.3 Å². The van der Waals surface area contributed by atoms with Gasteiger partial charge in [-0.05, 0) is 43.7 Å². The lowest BCUT2D eigenvalue weighted by Crippen LogP contribution is -2.30. The number of nitrogens with zero attached hydrogens (tertiary/aromatic N) is 2. The van der Waals surface area contributed by atoms with Crippen LogP contribution in [0.5, 0.6) is 0 Å². The van der Waals surface area contributed by atoms with Crippen molar-refractivity contribution in [2.45, 2.75) is 51.1 Å². The molecule has 1 saturated heterocycles. The molecule has 4 rings (SSSR count). The minimum Gasteiger partial charge on any atom is -0.339 e. The topological polar surface area (TPSA) is 53.6 Å². The van der Waals surface area contributed by atoms with Crippen LogP contribution in [-0.2, 0) is 0 Å². The Balaban J connectivity index is 1.66. The maximum Gasteiger partial charge on any atom is 0.178 e. The summed E-state index contributed by atoms with van der Waals surface area (Å²) in [6.07, 6.45) is 8.55. The van der Waals surface area contributed by atoms with E-state index in [0.29, 0.717) is 12.1 Å². The Morgan fingerprint density at radius 1 is 1.26 bits per heavy atom. The van der Waals surface area contributed by atoms with Crippen LogP contribution in [0.2, 0.25) is 0 Å². The van der Waals surface area contributed by atoms with Crippen molar-refractivity contribution in [3.05, 3.63) is 23.7 Å². The summed E-state index contributed by atoms with van der Waals surface area (Å²) in [4.78, 5) is 12.5. The van der Waals surface area contributed by atoms with Crippen molar-refractivity contribution in [1.29, 1.82) is 0 Å². The van der Waals surface area contributed by atoms with E-state index in [-0.39, 0.29) is 0 Å². The minimum atomic E-state index is 0.390. The third-order valence-electron chi connectivity index (χ3n) is 4.81. The Bertz CT molecular complexity index is 589. The van der Waals surface area contributed by atoms with Gasteiger partial charge in [0.25, 0.3) is 0 Å². The number of nitrogens with one attached hydrogen (secondary N) is 2. The van der Waals surface area contributed by atoms with Crippen LogP contribution in [0.1, 0.15) is 49.5 Å². The molecule has 0 bridgehead atoms. The third-order valence-corrected chi connectivity index (χ3v) is 4.81. The number of H-pyrrole nitrogens is 1. The molecule has 3 unspecified atom stereocenters. The SMILES string of the molecule is Cc1ccnc2nc(C3CC4CCCCC4N3)[nH]c12. The van der Waals surface area contributed by atoms with E-state index in [1.54, 1.807) is 0 Å². The van der Waals surface area contributed by atoms with Crippen LogP contribution in [0.15, 0.2) is 12.3 Å². The van der Waals surface area contributed by atoms with Crippen LogP contribution in [0.25, 0.3) is 11.2 Å². The summed E-state index contributed by atoms with van der Waals surface area (Å²) >= 11 is 0. The highest BCUT2D eigenvalue weighted by molar-refractivity contribution is 5.74. The number of hydrogen-bond donors (Lipinski definition) is 2. The molecule has 100 valence electrons. The van der Waals surface area contributed by atoms with Crippen LogP contribution in [0, 0.1) is 12.8 Å². The first-order valence-corrected chi connectivity index (χ1v) is 7.38. The first-order valence-electron chi connectivity index (χ1n) is 7.38. The van der Waals surface area contributed by atoms with Crippen LogP contribution in [-0.4, -0.2) is 21.0 Å². The fourth-order valence-corrected chi connectivity index (χ4v) is 3.75. The Morgan fingerprint density at radius 2 is 2.16 bits per heavy atom. The molecule has 0 spiro atoms. The van der Waals surface area contributed by atoms with Gasteiger partial charge >= 0.3 is 0 Å². The number of rotatable bonds is 1. The van der Waals surface area contributed by atoms with Gasteiger partial charge in [-0.2, -0.15) is 0 Å². The van der Waals surface area contributed by atoms with Gasteiger partial charge in [0.2, 0.25) is 0 Å². The van der Waals surface area contributed by atoms with Gasteiger partial charge in [0.05, 0.1) is 11.6 Å². The Hall–Kier alpha value is -1.42. The number of fused-ring (bicyclic) bond motifs is 2. The molecule has 1 aliphatic carbocycles. The summed E-state index contributed by atoms with van der Waals surface area (Å²) in [6, 6.07) is 3.13. The third kappa shape index (κ3) is 1.86. The zero-order valence-electron chi connectivity index (χ0n) is 11.3. The van der Waals surface area contributed by atoms with Gasteiger partial charge in [0.1, 0.15) is 5.82 Å². The largest absolute Gasteiger partial charge is 0.339 e. The molecule has 3 heterocycles. The molecular formula is C15H20N4. The van der Waals surface area contributed by atoms with E-state index in [4.69, 9.17) is 0 Å². The lowest BCUT2D eigenvalue weighted by molar-refractivity contribution is 0.325. The molecule has 4 nitrogen and oxygen atoms in total. The molecular weight excluding hydrogens is 236 g/mol. The smallest absolute Gasteiger partial charge is 0.178 e. The lowest BCUT2D eigenvalue weighted by atomic mass is 9.85. The monoisotopic (exact) mass is 256 g/mol. The molecule has 2 fully saturated rings. The van der Waals surface area contributed by atoms with Gasteiger partial charge in [-0.1, -0.05) is 12.8 Å². The number of aromatic amines is 1. The molecule has 0 aromatic carbocycles. The summed E-state index contributed by atoms with van der Waals surface area (Å²) in [5.74, 6) is 1.92. The second-order valence-electron chi connectivity index (χ2n) is 6.05. The van der Waals surface area contributed by atoms with E-state index in [9.17, 15) is 0 Å². The predicted molar refractivity (Wildman–Crippen MR) is 74.9 cm³/mol. The molecule has 4 heteroatoms. The average molecular weight is 256 g/mol. The van der Waals surface area contributed by atoms with E-state index in [1.165, 1.54) is 37.7 Å². The predicted octanol–water partition coefficient (Wildman–Crippen LogP) is 2.86. The zero-order chi connectivity index (χ0) is 12.8. The fraction of sp³-hybridized carbons (Fsp3) is 0.600. The molecule has 0 amide bonds. The molecule has 2 aromatic rings. The van der Waals surface area contributed by atoms with E-state index in [0.717, 1.165) is 22.9 Å². The summed E-state index contributed by atoms with van der Waals surface area (Å²) < 4.78 is 0. The zero-order valence-corrected chi connectivity index (χ0v) is 11.3. The number of aryl methyl sites for hydroxylation is 1. The van der Waals surface area contributed by atoms with Gasteiger partial charge in [-0.25, -0.2) is 9.97 Å². The highest BCUT2D eigenvalue weighted by atomic mass is 15.1. The maximum absolute atomic E-state index is 4.68.